The Bertz CT molecular complexity index is 954. The molecule has 0 bridgehead atoms. The number of rotatable bonds is 7. The topological polar surface area (TPSA) is 79.2 Å². The standard InChI is InChI=1S/C22H25N3O2/c1-3-12-25(13-4-2)22(27)21(26)19-17-14-16(23)10-11-18(17)24-20(19)15-8-6-5-7-9-15/h5-11,14,24H,3-4,12-13,23H2,1-2H3. The maximum absolute atomic E-state index is 13.3. The maximum atomic E-state index is 13.3. The SMILES string of the molecule is CCCN(CCC)C(=O)C(=O)c1c(-c2ccccc2)[nH]c2ccc(N)cc12. The van der Waals surface area contributed by atoms with Gasteiger partial charge in [-0.15, -0.1) is 0 Å². The van der Waals surface area contributed by atoms with Crippen LogP contribution in [0.4, 0.5) is 5.69 Å². The number of fused-ring (bicyclic) bond motifs is 1. The van der Waals surface area contributed by atoms with Crippen LogP contribution in [0.25, 0.3) is 22.2 Å². The highest BCUT2D eigenvalue weighted by molar-refractivity contribution is 6.46. The van der Waals surface area contributed by atoms with Crippen molar-refractivity contribution in [3.8, 4) is 11.3 Å². The molecule has 3 N–H and O–H groups in total. The van der Waals surface area contributed by atoms with Gasteiger partial charge in [-0.25, -0.2) is 0 Å². The van der Waals surface area contributed by atoms with Crippen LogP contribution in [0, 0.1) is 0 Å². The summed E-state index contributed by atoms with van der Waals surface area (Å²) in [5.74, 6) is -0.952. The summed E-state index contributed by atoms with van der Waals surface area (Å²) < 4.78 is 0. The van der Waals surface area contributed by atoms with Crippen LogP contribution in [0.15, 0.2) is 48.5 Å². The van der Waals surface area contributed by atoms with Gasteiger partial charge in [0.2, 0.25) is 0 Å². The van der Waals surface area contributed by atoms with Gasteiger partial charge in [-0.3, -0.25) is 9.59 Å². The molecule has 1 heterocycles. The zero-order valence-electron chi connectivity index (χ0n) is 15.8. The van der Waals surface area contributed by atoms with Crippen molar-refractivity contribution < 1.29 is 9.59 Å². The van der Waals surface area contributed by atoms with Crippen molar-refractivity contribution in [2.24, 2.45) is 0 Å². The van der Waals surface area contributed by atoms with Gasteiger partial charge in [-0.2, -0.15) is 0 Å². The molecule has 0 spiro atoms. The van der Waals surface area contributed by atoms with Crippen molar-refractivity contribution in [3.63, 3.8) is 0 Å². The number of hydrogen-bond donors (Lipinski definition) is 2. The van der Waals surface area contributed by atoms with E-state index in [0.29, 0.717) is 35.4 Å². The molecule has 0 atom stereocenters. The van der Waals surface area contributed by atoms with Gasteiger partial charge in [0.1, 0.15) is 0 Å². The van der Waals surface area contributed by atoms with E-state index in [1.54, 1.807) is 17.0 Å². The number of Topliss-reactive ketones (excluding diaryl/α,β-unsaturated/α-hetero) is 1. The van der Waals surface area contributed by atoms with Crippen LogP contribution in [0.5, 0.6) is 0 Å². The Balaban J connectivity index is 2.15. The van der Waals surface area contributed by atoms with E-state index in [4.69, 9.17) is 5.73 Å². The first-order valence-electron chi connectivity index (χ1n) is 9.37. The molecule has 1 aromatic heterocycles. The Hall–Kier alpha value is -3.08. The molecule has 0 radical (unpaired) electrons. The third-order valence-electron chi connectivity index (χ3n) is 4.58. The molecule has 140 valence electrons. The summed E-state index contributed by atoms with van der Waals surface area (Å²) >= 11 is 0. The molecule has 0 saturated heterocycles. The molecule has 3 aromatic rings. The summed E-state index contributed by atoms with van der Waals surface area (Å²) in [5.41, 5.74) is 9.21. The molecule has 2 aromatic carbocycles. The smallest absolute Gasteiger partial charge is 0.295 e. The van der Waals surface area contributed by atoms with Gasteiger partial charge in [0.05, 0.1) is 11.3 Å². The number of carbonyl (C=O) groups excluding carboxylic acids is 2. The quantitative estimate of drug-likeness (QED) is 0.374. The Morgan fingerprint density at radius 3 is 2.30 bits per heavy atom. The molecule has 5 nitrogen and oxygen atoms in total. The second-order valence-electron chi connectivity index (χ2n) is 6.67. The number of nitrogen functional groups attached to an aromatic ring is 1. The molecular weight excluding hydrogens is 338 g/mol. The number of nitrogens with two attached hydrogens (primary N) is 1. The van der Waals surface area contributed by atoms with Crippen molar-refractivity contribution in [3.05, 3.63) is 54.1 Å². The number of aromatic amines is 1. The predicted molar refractivity (Wildman–Crippen MR) is 110 cm³/mol. The number of nitrogens with one attached hydrogen (secondary N) is 1. The lowest BCUT2D eigenvalue weighted by molar-refractivity contribution is -0.126. The zero-order chi connectivity index (χ0) is 19.4. The van der Waals surface area contributed by atoms with Gasteiger partial charge in [0.15, 0.2) is 0 Å². The van der Waals surface area contributed by atoms with Crippen LogP contribution in [-0.2, 0) is 4.79 Å². The molecule has 1 amide bonds. The molecule has 0 fully saturated rings. The molecule has 0 saturated carbocycles. The fourth-order valence-corrected chi connectivity index (χ4v) is 3.37. The first-order valence-corrected chi connectivity index (χ1v) is 9.37. The van der Waals surface area contributed by atoms with E-state index in [1.807, 2.05) is 50.2 Å². The minimum Gasteiger partial charge on any atom is -0.399 e. The number of H-pyrrole nitrogens is 1. The number of hydrogen-bond acceptors (Lipinski definition) is 3. The molecule has 27 heavy (non-hydrogen) atoms. The molecule has 0 aliphatic rings. The molecule has 0 unspecified atom stereocenters. The molecule has 0 aliphatic carbocycles. The number of amides is 1. The second-order valence-corrected chi connectivity index (χ2v) is 6.67. The highest BCUT2D eigenvalue weighted by Gasteiger charge is 2.28. The number of anilines is 1. The first kappa shape index (κ1) is 18.7. The lowest BCUT2D eigenvalue weighted by Crippen LogP contribution is -2.37. The van der Waals surface area contributed by atoms with E-state index in [9.17, 15) is 9.59 Å². The van der Waals surface area contributed by atoms with Crippen LogP contribution in [0.2, 0.25) is 0 Å². The average molecular weight is 363 g/mol. The van der Waals surface area contributed by atoms with Crippen molar-refractivity contribution in [1.82, 2.24) is 9.88 Å². The first-order chi connectivity index (χ1) is 13.1. The van der Waals surface area contributed by atoms with Crippen molar-refractivity contribution in [1.29, 1.82) is 0 Å². The van der Waals surface area contributed by atoms with Crippen LogP contribution in [0.1, 0.15) is 37.0 Å². The lowest BCUT2D eigenvalue weighted by atomic mass is 10.0. The average Bonchev–Trinajstić information content (AvgIpc) is 3.06. The normalized spacial score (nSPS) is 10.9. The van der Waals surface area contributed by atoms with E-state index >= 15 is 0 Å². The highest BCUT2D eigenvalue weighted by Crippen LogP contribution is 2.32. The maximum Gasteiger partial charge on any atom is 0.295 e. The summed E-state index contributed by atoms with van der Waals surface area (Å²) in [4.78, 5) is 31.2. The number of aromatic nitrogens is 1. The molecule has 0 aliphatic heterocycles. The van der Waals surface area contributed by atoms with E-state index in [0.717, 1.165) is 23.9 Å². The predicted octanol–water partition coefficient (Wildman–Crippen LogP) is 4.25. The van der Waals surface area contributed by atoms with Crippen molar-refractivity contribution in [2.45, 2.75) is 26.7 Å². The molecule has 5 heteroatoms. The van der Waals surface area contributed by atoms with Gasteiger partial charge in [-0.1, -0.05) is 44.2 Å². The number of nitrogens with zero attached hydrogens (tertiary/aromatic N) is 1. The van der Waals surface area contributed by atoms with Crippen LogP contribution >= 0.6 is 0 Å². The summed E-state index contributed by atoms with van der Waals surface area (Å²) in [6.45, 7) is 5.15. The van der Waals surface area contributed by atoms with E-state index < -0.39 is 11.7 Å². The van der Waals surface area contributed by atoms with E-state index in [1.165, 1.54) is 0 Å². The molecular formula is C22H25N3O2. The fourth-order valence-electron chi connectivity index (χ4n) is 3.37. The van der Waals surface area contributed by atoms with Gasteiger partial charge in [-0.05, 0) is 36.6 Å². The Labute approximate surface area is 159 Å². The van der Waals surface area contributed by atoms with Crippen LogP contribution < -0.4 is 5.73 Å². The zero-order valence-corrected chi connectivity index (χ0v) is 15.8. The second kappa shape index (κ2) is 8.08. The van der Waals surface area contributed by atoms with Crippen LogP contribution in [0.3, 0.4) is 0 Å². The highest BCUT2D eigenvalue weighted by atomic mass is 16.2. The van der Waals surface area contributed by atoms with Gasteiger partial charge >= 0.3 is 0 Å². The van der Waals surface area contributed by atoms with Gasteiger partial charge in [0, 0.05) is 29.7 Å². The number of carbonyl (C=O) groups is 2. The number of benzene rings is 2. The Morgan fingerprint density at radius 2 is 1.67 bits per heavy atom. The summed E-state index contributed by atoms with van der Waals surface area (Å²) in [5, 5.41) is 0.681. The third kappa shape index (κ3) is 3.72. The Morgan fingerprint density at radius 1 is 1.00 bits per heavy atom. The fraction of sp³-hybridized carbons (Fsp3) is 0.273. The summed E-state index contributed by atoms with van der Waals surface area (Å²) in [7, 11) is 0. The number of ketones is 1. The van der Waals surface area contributed by atoms with E-state index in [-0.39, 0.29) is 0 Å². The lowest BCUT2D eigenvalue weighted by Gasteiger charge is -2.20. The van der Waals surface area contributed by atoms with E-state index in [2.05, 4.69) is 4.98 Å². The summed E-state index contributed by atoms with van der Waals surface area (Å²) in [6, 6.07) is 15.0. The van der Waals surface area contributed by atoms with Crippen molar-refractivity contribution in [2.75, 3.05) is 18.8 Å². The minimum atomic E-state index is -0.493. The van der Waals surface area contributed by atoms with Gasteiger partial charge < -0.3 is 15.6 Å². The largest absolute Gasteiger partial charge is 0.399 e. The monoisotopic (exact) mass is 363 g/mol. The van der Waals surface area contributed by atoms with Crippen LogP contribution in [-0.4, -0.2) is 34.7 Å². The minimum absolute atomic E-state index is 0.394. The summed E-state index contributed by atoms with van der Waals surface area (Å²) in [6.07, 6.45) is 1.62. The van der Waals surface area contributed by atoms with Gasteiger partial charge in [0.25, 0.3) is 11.7 Å². The third-order valence-corrected chi connectivity index (χ3v) is 4.58. The van der Waals surface area contributed by atoms with Crippen molar-refractivity contribution >= 4 is 28.3 Å². The Kier molecular flexibility index (Phi) is 5.60. The molecule has 3 rings (SSSR count).